The Morgan fingerprint density at radius 1 is 0.652 bits per heavy atom. The molecule has 0 aromatic heterocycles. The first kappa shape index (κ1) is 20.8. The van der Waals surface area contributed by atoms with Crippen molar-refractivity contribution in [3.63, 3.8) is 0 Å². The maximum Gasteiger partial charge on any atom is 0.265 e. The Balaban J connectivity index is 3.94. The Labute approximate surface area is 138 Å². The zero-order chi connectivity index (χ0) is 18.9. The highest BCUT2D eigenvalue weighted by molar-refractivity contribution is 7.94. The van der Waals surface area contributed by atoms with Gasteiger partial charge in [-0.05, 0) is 41.5 Å². The first-order chi connectivity index (χ1) is 9.66. The average molecular weight is 393 g/mol. The molecular weight excluding hydrogens is 368 g/mol. The van der Waals surface area contributed by atoms with Crippen LogP contribution >= 0.6 is 0 Å². The number of hydrogen-bond acceptors (Lipinski definition) is 8. The molecule has 1 rings (SSSR count). The van der Waals surface area contributed by atoms with Gasteiger partial charge in [0.1, 0.15) is 20.7 Å². The molecule has 0 spiro atoms. The molecule has 0 amide bonds. The quantitative estimate of drug-likeness (QED) is 0.632. The molecule has 8 nitrogen and oxygen atoms in total. The lowest BCUT2D eigenvalue weighted by molar-refractivity contribution is -0.107. The van der Waals surface area contributed by atoms with E-state index in [-0.39, 0.29) is 0 Å². The second-order valence-electron chi connectivity index (χ2n) is 7.17. The van der Waals surface area contributed by atoms with E-state index >= 15 is 0 Å². The van der Waals surface area contributed by atoms with Crippen molar-refractivity contribution in [2.24, 2.45) is 0 Å². The van der Waals surface area contributed by atoms with Gasteiger partial charge in [0.15, 0.2) is 9.84 Å². The molecule has 1 aliphatic rings. The van der Waals surface area contributed by atoms with Crippen LogP contribution in [0.15, 0.2) is 0 Å². The lowest BCUT2D eigenvalue weighted by Crippen LogP contribution is -2.64. The Morgan fingerprint density at radius 3 is 1.04 bits per heavy atom. The summed E-state index contributed by atoms with van der Waals surface area (Å²) in [5.41, 5.74) is -3.95. The Bertz CT molecular complexity index is 756. The van der Waals surface area contributed by atoms with Crippen LogP contribution in [-0.2, 0) is 38.4 Å². The summed E-state index contributed by atoms with van der Waals surface area (Å²) < 4.78 is 79.7. The van der Waals surface area contributed by atoms with E-state index in [0.29, 0.717) is 0 Å². The fraction of sp³-hybridized carbons (Fsp3) is 1.00. The maximum absolute atomic E-state index is 13.0. The average Bonchev–Trinajstić information content (AvgIpc) is 2.26. The van der Waals surface area contributed by atoms with Crippen LogP contribution in [0.5, 0.6) is 0 Å². The zero-order valence-corrected chi connectivity index (χ0v) is 16.9. The van der Waals surface area contributed by atoms with Crippen LogP contribution in [0.25, 0.3) is 0 Å². The van der Waals surface area contributed by atoms with Gasteiger partial charge in [-0.1, -0.05) is 0 Å². The highest BCUT2D eigenvalue weighted by Gasteiger charge is 2.80. The lowest BCUT2D eigenvalue weighted by Gasteiger charge is -2.45. The van der Waals surface area contributed by atoms with E-state index in [2.05, 4.69) is 0 Å². The number of hydrogen-bond donors (Lipinski definition) is 0. The molecule has 138 valence electrons. The first-order valence-electron chi connectivity index (χ1n) is 6.72. The van der Waals surface area contributed by atoms with E-state index in [4.69, 9.17) is 8.37 Å². The van der Waals surface area contributed by atoms with Crippen molar-refractivity contribution in [1.29, 1.82) is 0 Å². The maximum atomic E-state index is 13.0. The smallest absolute Gasteiger partial charge is 0.259 e. The Morgan fingerprint density at radius 2 is 0.870 bits per heavy atom. The molecule has 11 heteroatoms. The summed E-state index contributed by atoms with van der Waals surface area (Å²) in [4.78, 5) is 0. The van der Waals surface area contributed by atoms with Crippen molar-refractivity contribution >= 4 is 30.1 Å². The summed E-state index contributed by atoms with van der Waals surface area (Å²) >= 11 is 0. The molecule has 0 aromatic carbocycles. The van der Waals surface area contributed by atoms with Gasteiger partial charge < -0.3 is 0 Å². The third-order valence-corrected chi connectivity index (χ3v) is 9.93. The van der Waals surface area contributed by atoms with Crippen molar-refractivity contribution < 1.29 is 33.6 Å². The van der Waals surface area contributed by atoms with Crippen LogP contribution in [-0.4, -0.2) is 58.5 Å². The van der Waals surface area contributed by atoms with Crippen LogP contribution in [0.2, 0.25) is 0 Å². The number of sulfone groups is 1. The van der Waals surface area contributed by atoms with Gasteiger partial charge in [-0.3, -0.25) is 8.37 Å². The highest BCUT2D eigenvalue weighted by Crippen LogP contribution is 2.60. The SMILES string of the molecule is CC1(OS(C)(=O)=O)C(C)(OS(C)(=O)=O)C(C)(C)S(=O)(=O)C1(C)C. The Hall–Kier alpha value is -0.230. The molecule has 1 fully saturated rings. The van der Waals surface area contributed by atoms with Crippen molar-refractivity contribution in [1.82, 2.24) is 0 Å². The van der Waals surface area contributed by atoms with Gasteiger partial charge in [0.2, 0.25) is 0 Å². The van der Waals surface area contributed by atoms with E-state index in [9.17, 15) is 25.3 Å². The van der Waals surface area contributed by atoms with Gasteiger partial charge in [0.25, 0.3) is 20.2 Å². The second kappa shape index (κ2) is 4.90. The van der Waals surface area contributed by atoms with Gasteiger partial charge in [-0.25, -0.2) is 8.42 Å². The topological polar surface area (TPSA) is 121 Å². The summed E-state index contributed by atoms with van der Waals surface area (Å²) in [6.07, 6.45) is 1.54. The molecule has 1 saturated heterocycles. The molecule has 23 heavy (non-hydrogen) atoms. The number of rotatable bonds is 4. The minimum Gasteiger partial charge on any atom is -0.259 e. The van der Waals surface area contributed by atoms with Crippen LogP contribution in [0.3, 0.4) is 0 Å². The molecular formula is C12H24O8S3. The van der Waals surface area contributed by atoms with Crippen molar-refractivity contribution in [3.05, 3.63) is 0 Å². The summed E-state index contributed by atoms with van der Waals surface area (Å²) in [6, 6.07) is 0. The van der Waals surface area contributed by atoms with Gasteiger partial charge in [0.05, 0.1) is 12.5 Å². The summed E-state index contributed by atoms with van der Waals surface area (Å²) in [5.74, 6) is 0. The van der Waals surface area contributed by atoms with Gasteiger partial charge in [-0.2, -0.15) is 16.8 Å². The normalized spacial score (nSPS) is 36.0. The molecule has 0 N–H and O–H groups in total. The van der Waals surface area contributed by atoms with Crippen LogP contribution < -0.4 is 0 Å². The standard InChI is InChI=1S/C12H24O8S3/c1-9(2)11(5,19-21(7,13)14)12(6,20-22(8,15)16)10(3,4)23(9,17)18/h1-8H3. The highest BCUT2D eigenvalue weighted by atomic mass is 32.2. The minimum absolute atomic E-state index is 0.771. The van der Waals surface area contributed by atoms with Gasteiger partial charge in [-0.15, -0.1) is 0 Å². The van der Waals surface area contributed by atoms with Crippen molar-refractivity contribution in [3.8, 4) is 0 Å². The van der Waals surface area contributed by atoms with Gasteiger partial charge >= 0.3 is 0 Å². The first-order valence-corrected chi connectivity index (χ1v) is 11.8. The zero-order valence-electron chi connectivity index (χ0n) is 14.5. The van der Waals surface area contributed by atoms with Crippen molar-refractivity contribution in [2.75, 3.05) is 12.5 Å². The third kappa shape index (κ3) is 2.64. The predicted molar refractivity (Wildman–Crippen MR) is 85.7 cm³/mol. The van der Waals surface area contributed by atoms with Gasteiger partial charge in [0, 0.05) is 0 Å². The van der Waals surface area contributed by atoms with E-state index in [0.717, 1.165) is 12.5 Å². The van der Waals surface area contributed by atoms with E-state index < -0.39 is 50.8 Å². The summed E-state index contributed by atoms with van der Waals surface area (Å²) in [5, 5.41) is 0. The van der Waals surface area contributed by atoms with Crippen LogP contribution in [0, 0.1) is 0 Å². The summed E-state index contributed by atoms with van der Waals surface area (Å²) in [7, 11) is -12.2. The third-order valence-electron chi connectivity index (χ3n) is 5.19. The van der Waals surface area contributed by atoms with Crippen LogP contribution in [0.1, 0.15) is 41.5 Å². The molecule has 0 bridgehead atoms. The second-order valence-corrected chi connectivity index (χ2v) is 13.4. The molecule has 0 radical (unpaired) electrons. The monoisotopic (exact) mass is 392 g/mol. The fourth-order valence-electron chi connectivity index (χ4n) is 3.26. The molecule has 2 unspecified atom stereocenters. The van der Waals surface area contributed by atoms with Crippen molar-refractivity contribution in [2.45, 2.75) is 62.2 Å². The molecule has 0 aromatic rings. The summed E-state index contributed by atoms with van der Waals surface area (Å²) in [6.45, 7) is 7.67. The van der Waals surface area contributed by atoms with Crippen LogP contribution in [0.4, 0.5) is 0 Å². The fourth-order valence-corrected chi connectivity index (χ4v) is 8.09. The molecule has 1 heterocycles. The minimum atomic E-state index is -4.10. The molecule has 0 saturated carbocycles. The molecule has 0 aliphatic carbocycles. The molecule has 2 atom stereocenters. The van der Waals surface area contributed by atoms with E-state index in [1.54, 1.807) is 0 Å². The van der Waals surface area contributed by atoms with E-state index in [1.165, 1.54) is 41.5 Å². The lowest BCUT2D eigenvalue weighted by atomic mass is 9.72. The predicted octanol–water partition coefficient (Wildman–Crippen LogP) is 0.442. The molecule has 1 aliphatic heterocycles. The largest absolute Gasteiger partial charge is 0.265 e. The van der Waals surface area contributed by atoms with E-state index in [1.807, 2.05) is 0 Å². The Kier molecular flexibility index (Phi) is 4.44.